The van der Waals surface area contributed by atoms with E-state index in [1.807, 2.05) is 18.2 Å². The quantitative estimate of drug-likeness (QED) is 0.365. The van der Waals surface area contributed by atoms with Crippen molar-refractivity contribution < 1.29 is 9.53 Å². The van der Waals surface area contributed by atoms with Crippen molar-refractivity contribution in [3.05, 3.63) is 57.9 Å². The zero-order valence-electron chi connectivity index (χ0n) is 25.2. The molecule has 1 amide bonds. The first-order chi connectivity index (χ1) is 20.9. The number of benzene rings is 1. The normalized spacial score (nSPS) is 20.1. The number of halogens is 2. The highest BCUT2D eigenvalue weighted by Gasteiger charge is 2.20. The van der Waals surface area contributed by atoms with Gasteiger partial charge in [0, 0.05) is 61.3 Å². The van der Waals surface area contributed by atoms with Gasteiger partial charge in [0.2, 0.25) is 11.8 Å². The van der Waals surface area contributed by atoms with Gasteiger partial charge in [0.25, 0.3) is 0 Å². The van der Waals surface area contributed by atoms with E-state index >= 15 is 0 Å². The Labute approximate surface area is 265 Å². The lowest BCUT2D eigenvalue weighted by atomic mass is 9.96. The minimum absolute atomic E-state index is 0.0259. The molecule has 0 unspecified atom stereocenters. The van der Waals surface area contributed by atoms with Crippen LogP contribution in [-0.4, -0.2) is 85.6 Å². The molecule has 43 heavy (non-hydrogen) atoms. The molecule has 2 aromatic rings. The summed E-state index contributed by atoms with van der Waals surface area (Å²) >= 11 is 12.7. The van der Waals surface area contributed by atoms with Crippen LogP contribution in [0.3, 0.4) is 0 Å². The maximum absolute atomic E-state index is 11.3. The summed E-state index contributed by atoms with van der Waals surface area (Å²) in [4.78, 5) is 30.0. The molecule has 0 atom stereocenters. The smallest absolute Gasteiger partial charge is 0.220 e. The predicted molar refractivity (Wildman–Crippen MR) is 176 cm³/mol. The second-order valence-electron chi connectivity index (χ2n) is 11.1. The minimum atomic E-state index is 0.0259. The molecule has 2 aliphatic rings. The molecule has 1 aromatic heterocycles. The number of carbonyl (C=O) groups excluding carboxylic acids is 1. The van der Waals surface area contributed by atoms with Crippen molar-refractivity contribution in [1.82, 2.24) is 25.4 Å². The Balaban J connectivity index is 1.53. The molecule has 1 aromatic carbocycles. The van der Waals surface area contributed by atoms with E-state index in [4.69, 9.17) is 32.9 Å². The number of allylic oxidation sites excluding steroid dienone is 1. The highest BCUT2D eigenvalue weighted by Crippen LogP contribution is 2.30. The summed E-state index contributed by atoms with van der Waals surface area (Å²) in [6.07, 6.45) is 9.48. The van der Waals surface area contributed by atoms with Crippen molar-refractivity contribution in [1.29, 1.82) is 0 Å². The first-order valence-corrected chi connectivity index (χ1v) is 15.9. The van der Waals surface area contributed by atoms with Gasteiger partial charge < -0.3 is 15.4 Å². The Hall–Kier alpha value is -2.98. The van der Waals surface area contributed by atoms with E-state index in [9.17, 15) is 4.79 Å². The molecule has 3 heterocycles. The SMILES string of the molecule is CCCCN1CC\N=C/C(Oc2cc(CN3CCC(CNC(C)=O)CC3)cc(-c3cc(Cl)cc(Cl)c3)n2)=C\N=C\NCC1. The molecule has 0 spiro atoms. The molecule has 0 aliphatic carbocycles. The van der Waals surface area contributed by atoms with E-state index < -0.39 is 0 Å². The summed E-state index contributed by atoms with van der Waals surface area (Å²) in [5.41, 5.74) is 2.60. The number of likely N-dealkylation sites (tertiary alicyclic amines) is 1. The summed E-state index contributed by atoms with van der Waals surface area (Å²) < 4.78 is 6.30. The number of rotatable bonds is 10. The van der Waals surface area contributed by atoms with Crippen molar-refractivity contribution >= 4 is 41.7 Å². The van der Waals surface area contributed by atoms with Crippen molar-refractivity contribution in [2.45, 2.75) is 46.1 Å². The average Bonchev–Trinajstić information content (AvgIpc) is 2.97. The largest absolute Gasteiger partial charge is 0.436 e. The number of aromatic nitrogens is 1. The van der Waals surface area contributed by atoms with Crippen LogP contribution >= 0.6 is 23.2 Å². The van der Waals surface area contributed by atoms with Gasteiger partial charge in [-0.2, -0.15) is 0 Å². The van der Waals surface area contributed by atoms with Gasteiger partial charge in [-0.25, -0.2) is 9.98 Å². The van der Waals surface area contributed by atoms with Gasteiger partial charge in [0.15, 0.2) is 5.76 Å². The molecule has 2 aliphatic heterocycles. The fourth-order valence-corrected chi connectivity index (χ4v) is 5.70. The number of nitrogens with zero attached hydrogens (tertiary/aromatic N) is 5. The fourth-order valence-electron chi connectivity index (χ4n) is 5.18. The zero-order valence-corrected chi connectivity index (χ0v) is 26.7. The first kappa shape index (κ1) is 32.9. The van der Waals surface area contributed by atoms with Crippen LogP contribution in [0.2, 0.25) is 10.0 Å². The highest BCUT2D eigenvalue weighted by molar-refractivity contribution is 6.35. The van der Waals surface area contributed by atoms with Crippen LogP contribution in [0.25, 0.3) is 11.3 Å². The number of aliphatic imine (C=N–C) groups is 2. The van der Waals surface area contributed by atoms with Crippen LogP contribution in [0.1, 0.15) is 45.1 Å². The maximum atomic E-state index is 11.3. The average molecular weight is 629 g/mol. The van der Waals surface area contributed by atoms with Crippen molar-refractivity contribution in [3.8, 4) is 17.1 Å². The van der Waals surface area contributed by atoms with Gasteiger partial charge in [-0.3, -0.25) is 19.6 Å². The third-order valence-corrected chi connectivity index (χ3v) is 7.96. The van der Waals surface area contributed by atoms with E-state index in [1.54, 1.807) is 31.7 Å². The number of amides is 1. The predicted octanol–water partition coefficient (Wildman–Crippen LogP) is 5.43. The van der Waals surface area contributed by atoms with Crippen LogP contribution in [0, 0.1) is 5.92 Å². The molecule has 4 rings (SSSR count). The minimum Gasteiger partial charge on any atom is -0.436 e. The number of unbranched alkanes of at least 4 members (excludes halogenated alkanes) is 1. The fraction of sp³-hybridized carbons (Fsp3) is 0.500. The zero-order chi connectivity index (χ0) is 30.4. The van der Waals surface area contributed by atoms with Gasteiger partial charge in [-0.15, -0.1) is 0 Å². The monoisotopic (exact) mass is 627 g/mol. The number of nitrogens with one attached hydrogen (secondary N) is 2. The summed E-state index contributed by atoms with van der Waals surface area (Å²) in [5, 5.41) is 7.31. The lowest BCUT2D eigenvalue weighted by Gasteiger charge is -2.32. The Morgan fingerprint density at radius 3 is 2.60 bits per heavy atom. The van der Waals surface area contributed by atoms with Crippen LogP contribution in [-0.2, 0) is 11.3 Å². The lowest BCUT2D eigenvalue weighted by Crippen LogP contribution is -2.37. The molecule has 2 N–H and O–H groups in total. The molecular formula is C32H43Cl2N7O2. The molecular weight excluding hydrogens is 585 g/mol. The van der Waals surface area contributed by atoms with Gasteiger partial charge in [0.05, 0.1) is 31.0 Å². The molecule has 1 saturated heterocycles. The molecule has 9 nitrogen and oxygen atoms in total. The Morgan fingerprint density at radius 1 is 1.07 bits per heavy atom. The maximum Gasteiger partial charge on any atom is 0.220 e. The standard InChI is InChI=1S/C32H43Cl2N7O2/c1-3-4-9-40-12-7-35-20-30(21-37-23-36-8-13-40)43-32-15-26(14-31(39-32)27-16-28(33)18-29(34)17-27)22-41-10-5-25(6-11-41)19-38-24(2)42/h14-18,20-21,23,25H,3-13,19,22H2,1-2H3,(H,36,37)(H,38,42)/b30-21+,35-20-. The number of hydrogen-bond donors (Lipinski definition) is 2. The summed E-state index contributed by atoms with van der Waals surface area (Å²) in [6, 6.07) is 9.45. The topological polar surface area (TPSA) is 94.5 Å². The van der Waals surface area contributed by atoms with E-state index in [-0.39, 0.29) is 5.91 Å². The summed E-state index contributed by atoms with van der Waals surface area (Å²) in [7, 11) is 0. The Kier molecular flexibility index (Phi) is 13.3. The van der Waals surface area contributed by atoms with Crippen molar-refractivity contribution in [2.24, 2.45) is 15.9 Å². The van der Waals surface area contributed by atoms with E-state index in [1.165, 1.54) is 12.8 Å². The molecule has 0 saturated carbocycles. The van der Waals surface area contributed by atoms with E-state index in [2.05, 4.69) is 43.4 Å². The van der Waals surface area contributed by atoms with Gasteiger partial charge in [-0.1, -0.05) is 36.5 Å². The van der Waals surface area contributed by atoms with Crippen LogP contribution in [0.4, 0.5) is 0 Å². The molecule has 1 fully saturated rings. The first-order valence-electron chi connectivity index (χ1n) is 15.2. The third-order valence-electron chi connectivity index (χ3n) is 7.53. The lowest BCUT2D eigenvalue weighted by molar-refractivity contribution is -0.119. The third kappa shape index (κ3) is 11.6. The Bertz CT molecular complexity index is 1270. The summed E-state index contributed by atoms with van der Waals surface area (Å²) in [6.45, 7) is 11.6. The molecule has 0 radical (unpaired) electrons. The van der Waals surface area contributed by atoms with Gasteiger partial charge >= 0.3 is 0 Å². The number of carbonyl (C=O) groups is 1. The molecule has 0 bridgehead atoms. The summed E-state index contributed by atoms with van der Waals surface area (Å²) in [5.74, 6) is 1.47. The van der Waals surface area contributed by atoms with Crippen LogP contribution in [0.5, 0.6) is 5.88 Å². The van der Waals surface area contributed by atoms with Crippen LogP contribution in [0.15, 0.2) is 52.3 Å². The van der Waals surface area contributed by atoms with Gasteiger partial charge in [-0.05, 0) is 74.6 Å². The van der Waals surface area contributed by atoms with Crippen molar-refractivity contribution in [2.75, 3.05) is 52.4 Å². The second-order valence-corrected chi connectivity index (χ2v) is 12.0. The van der Waals surface area contributed by atoms with Crippen molar-refractivity contribution in [3.63, 3.8) is 0 Å². The Morgan fingerprint density at radius 2 is 1.86 bits per heavy atom. The second kappa shape index (κ2) is 17.3. The number of hydrogen-bond acceptors (Lipinski definition) is 8. The highest BCUT2D eigenvalue weighted by atomic mass is 35.5. The number of ether oxygens (including phenoxy) is 1. The molecule has 232 valence electrons. The number of piperidine rings is 1. The van der Waals surface area contributed by atoms with E-state index in [0.717, 1.165) is 82.0 Å². The van der Waals surface area contributed by atoms with Gasteiger partial charge in [0.1, 0.15) is 0 Å². The number of pyridine rings is 1. The molecule has 11 heteroatoms. The van der Waals surface area contributed by atoms with E-state index in [0.29, 0.717) is 34.1 Å². The van der Waals surface area contributed by atoms with Crippen LogP contribution < -0.4 is 15.4 Å².